The Labute approximate surface area is 125 Å². The summed E-state index contributed by atoms with van der Waals surface area (Å²) in [5.41, 5.74) is 0.816. The van der Waals surface area contributed by atoms with E-state index in [4.69, 9.17) is 9.47 Å². The van der Waals surface area contributed by atoms with Gasteiger partial charge >= 0.3 is 5.97 Å². The molecule has 1 N–H and O–H groups in total. The van der Waals surface area contributed by atoms with Crippen LogP contribution in [0.25, 0.3) is 10.8 Å². The summed E-state index contributed by atoms with van der Waals surface area (Å²) in [6.07, 6.45) is 0. The van der Waals surface area contributed by atoms with Gasteiger partial charge in [0.05, 0.1) is 14.2 Å². The van der Waals surface area contributed by atoms with Crippen LogP contribution in [-0.2, 0) is 9.53 Å². The minimum atomic E-state index is -0.559. The van der Waals surface area contributed by atoms with Crippen molar-refractivity contribution in [1.29, 1.82) is 0 Å². The molecule has 0 radical (unpaired) electrons. The first-order chi connectivity index (χ1) is 10.1. The maximum Gasteiger partial charge on any atom is 0.327 e. The summed E-state index contributed by atoms with van der Waals surface area (Å²) in [4.78, 5) is 12.2. The van der Waals surface area contributed by atoms with Crippen molar-refractivity contribution in [2.45, 2.75) is 25.9 Å². The Morgan fingerprint density at radius 1 is 1.10 bits per heavy atom. The Kier molecular flexibility index (Phi) is 4.81. The number of esters is 1. The highest BCUT2D eigenvalue weighted by Gasteiger charge is 2.27. The predicted molar refractivity (Wildman–Crippen MR) is 83.5 cm³/mol. The summed E-state index contributed by atoms with van der Waals surface area (Å²) < 4.78 is 10.4. The molecule has 2 aromatic carbocycles. The second kappa shape index (κ2) is 6.59. The topological polar surface area (TPSA) is 47.6 Å². The molecule has 0 saturated heterocycles. The lowest BCUT2D eigenvalue weighted by atomic mass is 9.97. The smallest absolute Gasteiger partial charge is 0.327 e. The van der Waals surface area contributed by atoms with Crippen molar-refractivity contribution in [2.24, 2.45) is 0 Å². The summed E-state index contributed by atoms with van der Waals surface area (Å²) in [5, 5.41) is 5.31. The number of carbonyl (C=O) groups is 1. The summed E-state index contributed by atoms with van der Waals surface area (Å²) in [6.45, 7) is 3.99. The number of benzene rings is 2. The van der Waals surface area contributed by atoms with Crippen LogP contribution < -0.4 is 10.1 Å². The number of nitrogens with one attached hydrogen (secondary N) is 1. The number of hydrogen-bond acceptors (Lipinski definition) is 4. The lowest BCUT2D eigenvalue weighted by molar-refractivity contribution is -0.143. The average molecular weight is 287 g/mol. The molecule has 1 unspecified atom stereocenters. The van der Waals surface area contributed by atoms with Crippen molar-refractivity contribution < 1.29 is 14.3 Å². The first kappa shape index (κ1) is 15.3. The Hall–Kier alpha value is -2.07. The third-order valence-electron chi connectivity index (χ3n) is 3.38. The summed E-state index contributed by atoms with van der Waals surface area (Å²) in [6, 6.07) is 11.4. The molecule has 0 aliphatic carbocycles. The Morgan fingerprint density at radius 3 is 2.43 bits per heavy atom. The van der Waals surface area contributed by atoms with Crippen molar-refractivity contribution in [2.75, 3.05) is 14.2 Å². The maximum atomic E-state index is 12.2. The lowest BCUT2D eigenvalue weighted by Gasteiger charge is -2.23. The minimum absolute atomic E-state index is 0.137. The van der Waals surface area contributed by atoms with E-state index in [-0.39, 0.29) is 12.0 Å². The highest BCUT2D eigenvalue weighted by molar-refractivity contribution is 5.93. The van der Waals surface area contributed by atoms with Crippen LogP contribution in [0.15, 0.2) is 36.4 Å². The standard InChI is InChI=1S/C17H21NO3/c1-11(2)18-16(17(19)21-4)15-13-8-6-5-7-12(13)9-10-14(15)20-3/h5-11,16,18H,1-4H3. The van der Waals surface area contributed by atoms with Crippen LogP contribution in [0.2, 0.25) is 0 Å². The van der Waals surface area contributed by atoms with Gasteiger partial charge in [-0.3, -0.25) is 5.32 Å². The zero-order chi connectivity index (χ0) is 15.4. The molecule has 2 rings (SSSR count). The number of rotatable bonds is 5. The van der Waals surface area contributed by atoms with Crippen molar-refractivity contribution in [1.82, 2.24) is 5.32 Å². The van der Waals surface area contributed by atoms with Crippen molar-refractivity contribution in [3.05, 3.63) is 42.0 Å². The van der Waals surface area contributed by atoms with Crippen LogP contribution in [0.4, 0.5) is 0 Å². The van der Waals surface area contributed by atoms with Crippen LogP contribution in [0.5, 0.6) is 5.75 Å². The largest absolute Gasteiger partial charge is 0.496 e. The van der Waals surface area contributed by atoms with E-state index in [2.05, 4.69) is 5.32 Å². The van der Waals surface area contributed by atoms with Crippen LogP contribution in [0.1, 0.15) is 25.5 Å². The third kappa shape index (κ3) is 3.16. The Balaban J connectivity index is 2.66. The van der Waals surface area contributed by atoms with Gasteiger partial charge in [0.1, 0.15) is 11.8 Å². The fourth-order valence-electron chi connectivity index (χ4n) is 2.47. The molecule has 112 valence electrons. The molecule has 0 bridgehead atoms. The van der Waals surface area contributed by atoms with Crippen LogP contribution in [-0.4, -0.2) is 26.2 Å². The lowest BCUT2D eigenvalue weighted by Crippen LogP contribution is -2.34. The van der Waals surface area contributed by atoms with Crippen LogP contribution in [0, 0.1) is 0 Å². The molecule has 0 fully saturated rings. The molecule has 2 aromatic rings. The van der Waals surface area contributed by atoms with Gasteiger partial charge in [-0.15, -0.1) is 0 Å². The summed E-state index contributed by atoms with van der Waals surface area (Å²) in [5.74, 6) is 0.357. The minimum Gasteiger partial charge on any atom is -0.496 e. The van der Waals surface area contributed by atoms with Gasteiger partial charge in [0, 0.05) is 11.6 Å². The molecule has 0 saturated carbocycles. The van der Waals surface area contributed by atoms with Gasteiger partial charge in [0.15, 0.2) is 0 Å². The van der Waals surface area contributed by atoms with E-state index in [9.17, 15) is 4.79 Å². The fourth-order valence-corrected chi connectivity index (χ4v) is 2.47. The van der Waals surface area contributed by atoms with Gasteiger partial charge in [-0.2, -0.15) is 0 Å². The highest BCUT2D eigenvalue weighted by Crippen LogP contribution is 2.34. The molecule has 4 heteroatoms. The van der Waals surface area contributed by atoms with Gasteiger partial charge in [0.25, 0.3) is 0 Å². The average Bonchev–Trinajstić information content (AvgIpc) is 2.50. The third-order valence-corrected chi connectivity index (χ3v) is 3.38. The van der Waals surface area contributed by atoms with Crippen LogP contribution in [0.3, 0.4) is 0 Å². The van der Waals surface area contributed by atoms with E-state index < -0.39 is 6.04 Å². The number of ether oxygens (including phenoxy) is 2. The second-order valence-corrected chi connectivity index (χ2v) is 5.18. The summed E-state index contributed by atoms with van der Waals surface area (Å²) in [7, 11) is 3.01. The molecular weight excluding hydrogens is 266 g/mol. The number of methoxy groups -OCH3 is 2. The summed E-state index contributed by atoms with van der Waals surface area (Å²) >= 11 is 0. The molecule has 1 atom stereocenters. The first-order valence-corrected chi connectivity index (χ1v) is 6.98. The van der Waals surface area contributed by atoms with Gasteiger partial charge in [0.2, 0.25) is 0 Å². The SMILES string of the molecule is COC(=O)C(NC(C)C)c1c(OC)ccc2ccccc12. The molecule has 0 amide bonds. The van der Waals surface area contributed by atoms with E-state index in [1.807, 2.05) is 50.2 Å². The van der Waals surface area contributed by atoms with E-state index in [1.165, 1.54) is 7.11 Å². The number of fused-ring (bicyclic) bond motifs is 1. The van der Waals surface area contributed by atoms with E-state index >= 15 is 0 Å². The molecule has 0 aliphatic heterocycles. The zero-order valence-electron chi connectivity index (χ0n) is 12.8. The monoisotopic (exact) mass is 287 g/mol. The Morgan fingerprint density at radius 2 is 1.81 bits per heavy atom. The zero-order valence-corrected chi connectivity index (χ0v) is 12.8. The molecule has 0 spiro atoms. The van der Waals surface area contributed by atoms with Crippen molar-refractivity contribution in [3.8, 4) is 5.75 Å². The van der Waals surface area contributed by atoms with Crippen molar-refractivity contribution >= 4 is 16.7 Å². The van der Waals surface area contributed by atoms with E-state index in [1.54, 1.807) is 7.11 Å². The first-order valence-electron chi connectivity index (χ1n) is 6.98. The van der Waals surface area contributed by atoms with Gasteiger partial charge < -0.3 is 9.47 Å². The maximum absolute atomic E-state index is 12.2. The molecular formula is C17H21NO3. The van der Waals surface area contributed by atoms with Gasteiger partial charge in [-0.25, -0.2) is 4.79 Å². The predicted octanol–water partition coefficient (Wildman–Crippen LogP) is 3.06. The molecule has 0 heterocycles. The number of carbonyl (C=O) groups excluding carboxylic acids is 1. The highest BCUT2D eigenvalue weighted by atomic mass is 16.5. The van der Waals surface area contributed by atoms with Crippen LogP contribution >= 0.6 is 0 Å². The normalized spacial score (nSPS) is 12.4. The van der Waals surface area contributed by atoms with Crippen molar-refractivity contribution in [3.63, 3.8) is 0 Å². The Bertz CT molecular complexity index is 637. The molecule has 4 nitrogen and oxygen atoms in total. The van der Waals surface area contributed by atoms with E-state index in [0.717, 1.165) is 16.3 Å². The molecule has 0 aromatic heterocycles. The number of hydrogen-bond donors (Lipinski definition) is 1. The van der Waals surface area contributed by atoms with Gasteiger partial charge in [-0.1, -0.05) is 30.3 Å². The second-order valence-electron chi connectivity index (χ2n) is 5.18. The molecule has 0 aliphatic rings. The fraction of sp³-hybridized carbons (Fsp3) is 0.353. The quantitative estimate of drug-likeness (QED) is 0.859. The van der Waals surface area contributed by atoms with Gasteiger partial charge in [-0.05, 0) is 30.7 Å². The van der Waals surface area contributed by atoms with E-state index in [0.29, 0.717) is 5.75 Å². The molecule has 21 heavy (non-hydrogen) atoms.